The average molecular weight is 306 g/mol. The van der Waals surface area contributed by atoms with Gasteiger partial charge in [0, 0.05) is 18.5 Å². The van der Waals surface area contributed by atoms with Crippen LogP contribution in [0.5, 0.6) is 0 Å². The Morgan fingerprint density at radius 1 is 1.25 bits per heavy atom. The lowest BCUT2D eigenvalue weighted by molar-refractivity contribution is -0.137. The van der Waals surface area contributed by atoms with E-state index in [1.54, 1.807) is 0 Å². The molecule has 0 spiro atoms. The van der Waals surface area contributed by atoms with Crippen molar-refractivity contribution in [3.63, 3.8) is 0 Å². The molecule has 1 aromatic carbocycles. The number of amides is 2. The normalized spacial score (nSPS) is 20.1. The van der Waals surface area contributed by atoms with Crippen molar-refractivity contribution in [1.82, 2.24) is 9.76 Å². The lowest BCUT2D eigenvalue weighted by atomic mass is 10.1. The standard InChI is InChI=1S/C11H10F3N2O3P/c12-11(13,14)8-3-1-7(2-4-8)10(18)16-9(17)5-6-15-20(16)19/h1-4,20H,5-6H2,(H,15,19). The number of halogens is 3. The molecule has 9 heteroatoms. The van der Waals surface area contributed by atoms with Gasteiger partial charge in [0.15, 0.2) is 0 Å². The van der Waals surface area contributed by atoms with E-state index in [9.17, 15) is 27.3 Å². The number of nitrogens with one attached hydrogen (secondary N) is 1. The predicted molar refractivity (Wildman–Crippen MR) is 64.2 cm³/mol. The molecule has 0 saturated carbocycles. The minimum Gasteiger partial charge on any atom is -0.285 e. The summed E-state index contributed by atoms with van der Waals surface area (Å²) in [6.45, 7) is 0.216. The second-order valence-electron chi connectivity index (χ2n) is 4.09. The number of carbonyl (C=O) groups is 2. The van der Waals surface area contributed by atoms with Crippen molar-refractivity contribution < 1.29 is 27.3 Å². The van der Waals surface area contributed by atoms with Crippen LogP contribution in [-0.2, 0) is 15.5 Å². The molecule has 1 fully saturated rings. The SMILES string of the molecule is O=C1CCN[PH](=O)N1C(=O)c1ccc(C(F)(F)F)cc1. The largest absolute Gasteiger partial charge is 0.416 e. The summed E-state index contributed by atoms with van der Waals surface area (Å²) < 4.78 is 49.4. The Balaban J connectivity index is 2.25. The summed E-state index contributed by atoms with van der Waals surface area (Å²) in [6, 6.07) is 3.41. The van der Waals surface area contributed by atoms with Crippen molar-refractivity contribution in [3.05, 3.63) is 35.4 Å². The topological polar surface area (TPSA) is 66.5 Å². The highest BCUT2D eigenvalue weighted by atomic mass is 31.1. The molecule has 0 aromatic heterocycles. The third-order valence-corrected chi connectivity index (χ3v) is 4.14. The van der Waals surface area contributed by atoms with E-state index in [1.807, 2.05) is 0 Å². The fourth-order valence-electron chi connectivity index (χ4n) is 1.72. The van der Waals surface area contributed by atoms with Gasteiger partial charge < -0.3 is 0 Å². The van der Waals surface area contributed by atoms with Crippen LogP contribution >= 0.6 is 8.10 Å². The first kappa shape index (κ1) is 14.7. The molecule has 1 saturated heterocycles. The molecule has 2 amide bonds. The second-order valence-corrected chi connectivity index (χ2v) is 5.50. The van der Waals surface area contributed by atoms with Crippen molar-refractivity contribution in [2.75, 3.05) is 6.54 Å². The van der Waals surface area contributed by atoms with Crippen molar-refractivity contribution in [3.8, 4) is 0 Å². The highest BCUT2D eigenvalue weighted by Gasteiger charge is 2.33. The lowest BCUT2D eigenvalue weighted by Crippen LogP contribution is -2.39. The Labute approximate surface area is 112 Å². The van der Waals surface area contributed by atoms with Crippen molar-refractivity contribution in [2.24, 2.45) is 0 Å². The van der Waals surface area contributed by atoms with E-state index in [1.165, 1.54) is 0 Å². The van der Waals surface area contributed by atoms with Gasteiger partial charge in [0.05, 0.1) is 5.56 Å². The fourth-order valence-corrected chi connectivity index (χ4v) is 2.87. The number of hydrogen-bond donors (Lipinski definition) is 1. The molecule has 20 heavy (non-hydrogen) atoms. The number of alkyl halides is 3. The fraction of sp³-hybridized carbons (Fsp3) is 0.273. The molecule has 1 aromatic rings. The summed E-state index contributed by atoms with van der Waals surface area (Å²) in [7, 11) is -2.75. The first-order chi connectivity index (χ1) is 9.30. The van der Waals surface area contributed by atoms with Gasteiger partial charge in [0.1, 0.15) is 0 Å². The average Bonchev–Trinajstić information content (AvgIpc) is 2.37. The predicted octanol–water partition coefficient (Wildman–Crippen LogP) is 2.06. The number of hydrogen-bond acceptors (Lipinski definition) is 3. The van der Waals surface area contributed by atoms with Gasteiger partial charge in [-0.05, 0) is 24.3 Å². The summed E-state index contributed by atoms with van der Waals surface area (Å²) in [6.07, 6.45) is -4.49. The van der Waals surface area contributed by atoms with E-state index in [2.05, 4.69) is 5.09 Å². The zero-order valence-corrected chi connectivity index (χ0v) is 11.0. The molecular formula is C11H10F3N2O3P. The molecule has 108 valence electrons. The maximum absolute atomic E-state index is 12.4. The Hall–Kier alpha value is -1.66. The van der Waals surface area contributed by atoms with Crippen LogP contribution in [-0.4, -0.2) is 23.0 Å². The maximum atomic E-state index is 12.4. The van der Waals surface area contributed by atoms with E-state index < -0.39 is 31.7 Å². The number of rotatable bonds is 1. The Bertz CT molecular complexity index is 555. The highest BCUT2D eigenvalue weighted by molar-refractivity contribution is 7.41. The van der Waals surface area contributed by atoms with Crippen LogP contribution in [0.3, 0.4) is 0 Å². The van der Waals surface area contributed by atoms with E-state index in [-0.39, 0.29) is 18.5 Å². The molecule has 1 aliphatic rings. The number of nitrogens with zero attached hydrogens (tertiary/aromatic N) is 1. The molecule has 5 nitrogen and oxygen atoms in total. The second kappa shape index (κ2) is 5.38. The van der Waals surface area contributed by atoms with Gasteiger partial charge in [-0.2, -0.15) is 13.2 Å². The van der Waals surface area contributed by atoms with Crippen LogP contribution in [0.1, 0.15) is 22.3 Å². The van der Waals surface area contributed by atoms with Gasteiger partial charge >= 0.3 is 6.18 Å². The molecule has 0 radical (unpaired) electrons. The molecule has 1 unspecified atom stereocenters. The molecule has 1 aliphatic heterocycles. The van der Waals surface area contributed by atoms with Crippen molar-refractivity contribution in [1.29, 1.82) is 0 Å². The van der Waals surface area contributed by atoms with Gasteiger partial charge in [-0.3, -0.25) is 19.2 Å². The Morgan fingerprint density at radius 3 is 2.35 bits per heavy atom. The van der Waals surface area contributed by atoms with Crippen LogP contribution in [0.15, 0.2) is 24.3 Å². The van der Waals surface area contributed by atoms with Gasteiger partial charge in [0.2, 0.25) is 14.0 Å². The number of carbonyl (C=O) groups excluding carboxylic acids is 2. The molecule has 0 aliphatic carbocycles. The summed E-state index contributed by atoms with van der Waals surface area (Å²) in [4.78, 5) is 23.5. The quantitative estimate of drug-likeness (QED) is 0.637. The van der Waals surface area contributed by atoms with Crippen LogP contribution in [0.25, 0.3) is 0 Å². The van der Waals surface area contributed by atoms with E-state index in [0.717, 1.165) is 24.3 Å². The van der Waals surface area contributed by atoms with E-state index in [0.29, 0.717) is 4.67 Å². The molecule has 1 heterocycles. The molecule has 0 bridgehead atoms. The molecule has 1 atom stereocenters. The van der Waals surface area contributed by atoms with Crippen LogP contribution in [0.2, 0.25) is 0 Å². The minimum atomic E-state index is -4.50. The summed E-state index contributed by atoms with van der Waals surface area (Å²) in [5.41, 5.74) is -1.02. The van der Waals surface area contributed by atoms with Crippen LogP contribution in [0, 0.1) is 0 Å². The molecular weight excluding hydrogens is 296 g/mol. The first-order valence-electron chi connectivity index (χ1n) is 5.63. The van der Waals surface area contributed by atoms with E-state index >= 15 is 0 Å². The zero-order valence-electron chi connectivity index (χ0n) is 10.0. The smallest absolute Gasteiger partial charge is 0.285 e. The van der Waals surface area contributed by atoms with Gasteiger partial charge in [-0.1, -0.05) is 0 Å². The highest BCUT2D eigenvalue weighted by Crippen LogP contribution is 2.31. The Morgan fingerprint density at radius 2 is 1.85 bits per heavy atom. The monoisotopic (exact) mass is 306 g/mol. The first-order valence-corrected chi connectivity index (χ1v) is 6.98. The number of benzene rings is 1. The lowest BCUT2D eigenvalue weighted by Gasteiger charge is -2.25. The van der Waals surface area contributed by atoms with Crippen molar-refractivity contribution in [2.45, 2.75) is 12.6 Å². The summed E-state index contributed by atoms with van der Waals surface area (Å²) >= 11 is 0. The van der Waals surface area contributed by atoms with Gasteiger partial charge in [0.25, 0.3) is 5.91 Å². The van der Waals surface area contributed by atoms with Crippen molar-refractivity contribution >= 4 is 19.9 Å². The summed E-state index contributed by atoms with van der Waals surface area (Å²) in [5, 5.41) is 2.50. The third-order valence-electron chi connectivity index (χ3n) is 2.73. The summed E-state index contributed by atoms with van der Waals surface area (Å²) in [5.74, 6) is -1.46. The third kappa shape index (κ3) is 2.91. The maximum Gasteiger partial charge on any atom is 0.416 e. The van der Waals surface area contributed by atoms with Crippen LogP contribution < -0.4 is 5.09 Å². The van der Waals surface area contributed by atoms with Gasteiger partial charge in [-0.25, -0.2) is 4.67 Å². The Kier molecular flexibility index (Phi) is 3.96. The van der Waals surface area contributed by atoms with Crippen LogP contribution in [0.4, 0.5) is 13.2 Å². The van der Waals surface area contributed by atoms with Gasteiger partial charge in [-0.15, -0.1) is 0 Å². The zero-order chi connectivity index (χ0) is 14.9. The molecule has 2 rings (SSSR count). The molecule has 1 N–H and O–H groups in total. The number of imide groups is 1. The van der Waals surface area contributed by atoms with E-state index in [4.69, 9.17) is 0 Å². The minimum absolute atomic E-state index is 0.0166.